The first-order valence-corrected chi connectivity index (χ1v) is 11.0. The Bertz CT molecular complexity index is 991. The molecule has 0 atom stereocenters. The molecule has 160 valence electrons. The summed E-state index contributed by atoms with van der Waals surface area (Å²) in [5.41, 5.74) is 1.15. The normalized spacial score (nSPS) is 14.2. The van der Waals surface area contributed by atoms with Crippen molar-refractivity contribution in [3.8, 4) is 11.6 Å². The van der Waals surface area contributed by atoms with E-state index in [9.17, 15) is 0 Å². The van der Waals surface area contributed by atoms with Crippen molar-refractivity contribution in [1.82, 2.24) is 15.3 Å². The van der Waals surface area contributed by atoms with Crippen LogP contribution in [-0.4, -0.2) is 28.2 Å². The lowest BCUT2D eigenvalue weighted by Crippen LogP contribution is -2.34. The van der Waals surface area contributed by atoms with Crippen molar-refractivity contribution in [3.63, 3.8) is 0 Å². The zero-order valence-corrected chi connectivity index (χ0v) is 18.4. The number of benzene rings is 2. The molecule has 2 N–H and O–H groups in total. The molecule has 6 nitrogen and oxygen atoms in total. The summed E-state index contributed by atoms with van der Waals surface area (Å²) < 4.78 is 6.00. The number of nitrogens with zero attached hydrogens (tertiary/aromatic N) is 3. The number of rotatable bonds is 6. The number of hydrogen-bond acceptors (Lipinski definition) is 5. The van der Waals surface area contributed by atoms with E-state index in [2.05, 4.69) is 39.6 Å². The molecule has 4 rings (SSSR count). The number of anilines is 2. The molecule has 2 heterocycles. The third-order valence-electron chi connectivity index (χ3n) is 5.28. The standard InChI is InChI=1S/C24H27N5OS/c1-18-12-14-29(15-13-18)21-16-22(30-20-10-6-3-7-11-20)27-23(26-21)28-24(31)25-17-19-8-4-2-5-9-19/h2-11,16,18H,12-15,17H2,1H3,(H2,25,26,27,28,31). The van der Waals surface area contributed by atoms with Gasteiger partial charge in [0.1, 0.15) is 11.6 Å². The first-order valence-electron chi connectivity index (χ1n) is 10.6. The lowest BCUT2D eigenvalue weighted by atomic mass is 9.99. The van der Waals surface area contributed by atoms with Gasteiger partial charge in [-0.25, -0.2) is 0 Å². The maximum absolute atomic E-state index is 6.00. The number of nitrogens with one attached hydrogen (secondary N) is 2. The van der Waals surface area contributed by atoms with Crippen molar-refractivity contribution in [2.75, 3.05) is 23.3 Å². The van der Waals surface area contributed by atoms with Crippen molar-refractivity contribution in [2.45, 2.75) is 26.3 Å². The monoisotopic (exact) mass is 433 g/mol. The van der Waals surface area contributed by atoms with Gasteiger partial charge in [-0.15, -0.1) is 0 Å². The van der Waals surface area contributed by atoms with Crippen LogP contribution in [0.25, 0.3) is 0 Å². The van der Waals surface area contributed by atoms with Crippen LogP contribution in [0.15, 0.2) is 66.7 Å². The van der Waals surface area contributed by atoms with Crippen molar-refractivity contribution < 1.29 is 4.74 Å². The molecule has 7 heteroatoms. The van der Waals surface area contributed by atoms with Gasteiger partial charge in [-0.05, 0) is 48.7 Å². The molecule has 0 radical (unpaired) electrons. The Kier molecular flexibility index (Phi) is 6.94. The minimum absolute atomic E-state index is 0.424. The van der Waals surface area contributed by atoms with E-state index < -0.39 is 0 Å². The van der Waals surface area contributed by atoms with Crippen LogP contribution in [0.2, 0.25) is 0 Å². The molecule has 0 aliphatic carbocycles. The molecule has 1 aromatic heterocycles. The summed E-state index contributed by atoms with van der Waals surface area (Å²) in [7, 11) is 0. The van der Waals surface area contributed by atoms with Gasteiger partial charge in [0.15, 0.2) is 5.11 Å². The second-order valence-electron chi connectivity index (χ2n) is 7.77. The Morgan fingerprint density at radius 2 is 1.71 bits per heavy atom. The van der Waals surface area contributed by atoms with Gasteiger partial charge in [0, 0.05) is 25.7 Å². The molecule has 1 fully saturated rings. The van der Waals surface area contributed by atoms with Crippen LogP contribution < -0.4 is 20.3 Å². The summed E-state index contributed by atoms with van der Waals surface area (Å²) in [6, 6.07) is 21.6. The van der Waals surface area contributed by atoms with Crippen LogP contribution in [0.5, 0.6) is 11.6 Å². The summed E-state index contributed by atoms with van der Waals surface area (Å²) in [5.74, 6) is 3.23. The van der Waals surface area contributed by atoms with Gasteiger partial charge in [0.25, 0.3) is 0 Å². The van der Waals surface area contributed by atoms with Crippen molar-refractivity contribution in [2.24, 2.45) is 5.92 Å². The molecule has 2 aromatic carbocycles. The van der Waals surface area contributed by atoms with Crippen LogP contribution in [-0.2, 0) is 6.54 Å². The molecule has 1 aliphatic heterocycles. The molecule has 0 amide bonds. The summed E-state index contributed by atoms with van der Waals surface area (Å²) in [4.78, 5) is 11.5. The predicted molar refractivity (Wildman–Crippen MR) is 129 cm³/mol. The second-order valence-corrected chi connectivity index (χ2v) is 8.17. The molecule has 0 spiro atoms. The Morgan fingerprint density at radius 3 is 2.42 bits per heavy atom. The first kappa shape index (κ1) is 21.1. The highest BCUT2D eigenvalue weighted by atomic mass is 32.1. The molecule has 1 aliphatic rings. The van der Waals surface area contributed by atoms with Gasteiger partial charge in [0.2, 0.25) is 11.8 Å². The van der Waals surface area contributed by atoms with Crippen LogP contribution in [0.4, 0.5) is 11.8 Å². The van der Waals surface area contributed by atoms with Gasteiger partial charge in [-0.1, -0.05) is 55.5 Å². The van der Waals surface area contributed by atoms with Crippen LogP contribution >= 0.6 is 12.2 Å². The minimum atomic E-state index is 0.424. The Balaban J connectivity index is 1.50. The van der Waals surface area contributed by atoms with Crippen molar-refractivity contribution >= 4 is 29.1 Å². The SMILES string of the molecule is CC1CCN(c2cc(Oc3ccccc3)nc(NC(=S)NCc3ccccc3)n2)CC1. The van der Waals surface area contributed by atoms with Crippen molar-refractivity contribution in [3.05, 3.63) is 72.3 Å². The molecular formula is C24H27N5OS. The number of aromatic nitrogens is 2. The third-order valence-corrected chi connectivity index (χ3v) is 5.53. The fourth-order valence-electron chi connectivity index (χ4n) is 3.45. The lowest BCUT2D eigenvalue weighted by molar-refractivity contribution is 0.434. The van der Waals surface area contributed by atoms with Gasteiger partial charge in [0.05, 0.1) is 0 Å². The fraction of sp³-hybridized carbons (Fsp3) is 0.292. The van der Waals surface area contributed by atoms with Crippen LogP contribution in [0.3, 0.4) is 0 Å². The highest BCUT2D eigenvalue weighted by molar-refractivity contribution is 7.80. The largest absolute Gasteiger partial charge is 0.439 e. The summed E-state index contributed by atoms with van der Waals surface area (Å²) in [6.07, 6.45) is 2.30. The highest BCUT2D eigenvalue weighted by Gasteiger charge is 2.19. The number of piperidine rings is 1. The van der Waals surface area contributed by atoms with E-state index in [1.165, 1.54) is 0 Å². The average molecular weight is 434 g/mol. The van der Waals surface area contributed by atoms with E-state index in [-0.39, 0.29) is 0 Å². The van der Waals surface area contributed by atoms with Crippen LogP contribution in [0.1, 0.15) is 25.3 Å². The van der Waals surface area contributed by atoms with E-state index in [4.69, 9.17) is 21.9 Å². The lowest BCUT2D eigenvalue weighted by Gasteiger charge is -2.31. The van der Waals surface area contributed by atoms with Gasteiger partial charge >= 0.3 is 0 Å². The quantitative estimate of drug-likeness (QED) is 0.531. The topological polar surface area (TPSA) is 62.3 Å². The minimum Gasteiger partial charge on any atom is -0.439 e. The predicted octanol–water partition coefficient (Wildman–Crippen LogP) is 4.99. The van der Waals surface area contributed by atoms with Gasteiger partial charge < -0.3 is 20.3 Å². The Hall–Kier alpha value is -3.19. The van der Waals surface area contributed by atoms with E-state index >= 15 is 0 Å². The number of ether oxygens (including phenoxy) is 1. The van der Waals surface area contributed by atoms with E-state index in [1.807, 2.05) is 54.6 Å². The van der Waals surface area contributed by atoms with Crippen LogP contribution in [0, 0.1) is 5.92 Å². The maximum Gasteiger partial charge on any atom is 0.234 e. The molecule has 0 unspecified atom stereocenters. The molecule has 0 bridgehead atoms. The third kappa shape index (κ3) is 6.15. The molecule has 0 saturated carbocycles. The Labute approximate surface area is 188 Å². The van der Waals surface area contributed by atoms with Crippen molar-refractivity contribution in [1.29, 1.82) is 0 Å². The average Bonchev–Trinajstić information content (AvgIpc) is 2.79. The zero-order valence-electron chi connectivity index (χ0n) is 17.6. The first-order chi connectivity index (χ1) is 15.2. The number of para-hydroxylation sites is 1. The zero-order chi connectivity index (χ0) is 21.5. The number of hydrogen-bond donors (Lipinski definition) is 2. The summed E-state index contributed by atoms with van der Waals surface area (Å²) in [6.45, 7) is 4.87. The van der Waals surface area contributed by atoms with Gasteiger partial charge in [-0.2, -0.15) is 9.97 Å². The van der Waals surface area contributed by atoms with Gasteiger partial charge in [-0.3, -0.25) is 0 Å². The molecule has 31 heavy (non-hydrogen) atoms. The second kappa shape index (κ2) is 10.2. The molecular weight excluding hydrogens is 406 g/mol. The van der Waals surface area contributed by atoms with E-state index in [0.29, 0.717) is 23.5 Å². The van der Waals surface area contributed by atoms with E-state index in [1.54, 1.807) is 0 Å². The van der Waals surface area contributed by atoms with E-state index in [0.717, 1.165) is 49.0 Å². The summed E-state index contributed by atoms with van der Waals surface area (Å²) in [5, 5.41) is 6.80. The smallest absolute Gasteiger partial charge is 0.234 e. The molecule has 1 saturated heterocycles. The highest BCUT2D eigenvalue weighted by Crippen LogP contribution is 2.27. The molecule has 3 aromatic rings. The fourth-order valence-corrected chi connectivity index (χ4v) is 3.62. The maximum atomic E-state index is 6.00. The summed E-state index contributed by atoms with van der Waals surface area (Å²) >= 11 is 5.47. The number of thiocarbonyl (C=S) groups is 1. The Morgan fingerprint density at radius 1 is 1.03 bits per heavy atom.